The second kappa shape index (κ2) is 11.4. The molecule has 0 saturated carbocycles. The lowest BCUT2D eigenvalue weighted by Gasteiger charge is -2.40. The Hall–Kier alpha value is -3.89. The van der Waals surface area contributed by atoms with Crippen LogP contribution in [0.25, 0.3) is 11.3 Å². The van der Waals surface area contributed by atoms with Crippen LogP contribution in [-0.4, -0.2) is 64.9 Å². The van der Waals surface area contributed by atoms with Gasteiger partial charge in [0.2, 0.25) is 5.91 Å². The van der Waals surface area contributed by atoms with Gasteiger partial charge in [0.1, 0.15) is 18.7 Å². The third-order valence-electron chi connectivity index (χ3n) is 6.14. The molecule has 1 unspecified atom stereocenters. The smallest absolute Gasteiger partial charge is 0.245 e. The van der Waals surface area contributed by atoms with Gasteiger partial charge in [0.05, 0.1) is 17.8 Å². The highest BCUT2D eigenvalue weighted by Gasteiger charge is 2.39. The van der Waals surface area contributed by atoms with E-state index in [4.69, 9.17) is 10.7 Å². The van der Waals surface area contributed by atoms with Gasteiger partial charge in [-0.25, -0.2) is 9.67 Å². The van der Waals surface area contributed by atoms with Gasteiger partial charge in [0.25, 0.3) is 0 Å². The fourth-order valence-corrected chi connectivity index (χ4v) is 4.43. The van der Waals surface area contributed by atoms with Gasteiger partial charge >= 0.3 is 0 Å². The molecule has 0 fully saturated rings. The van der Waals surface area contributed by atoms with Crippen LogP contribution >= 0.6 is 0 Å². The zero-order valence-electron chi connectivity index (χ0n) is 21.5. The summed E-state index contributed by atoms with van der Waals surface area (Å²) in [6.07, 6.45) is 2.53. The molecule has 0 aliphatic rings. The molecule has 0 saturated heterocycles. The van der Waals surface area contributed by atoms with E-state index in [0.29, 0.717) is 6.54 Å². The van der Waals surface area contributed by atoms with Gasteiger partial charge in [0, 0.05) is 31.4 Å². The molecule has 37 heavy (non-hydrogen) atoms. The average molecular weight is 503 g/mol. The molecule has 10 nitrogen and oxygen atoms in total. The predicted octanol–water partition coefficient (Wildman–Crippen LogP) is 2.52. The van der Waals surface area contributed by atoms with E-state index in [2.05, 4.69) is 53.0 Å². The fourth-order valence-electron chi connectivity index (χ4n) is 4.43. The van der Waals surface area contributed by atoms with Crippen molar-refractivity contribution in [3.63, 3.8) is 0 Å². The Kier molecular flexibility index (Phi) is 8.10. The summed E-state index contributed by atoms with van der Waals surface area (Å²) >= 11 is 0. The van der Waals surface area contributed by atoms with Crippen LogP contribution in [0.3, 0.4) is 0 Å². The van der Waals surface area contributed by atoms with Crippen LogP contribution in [0.1, 0.15) is 38.2 Å². The Balaban J connectivity index is 1.83. The summed E-state index contributed by atoms with van der Waals surface area (Å²) < 4.78 is 3.47. The van der Waals surface area contributed by atoms with Crippen LogP contribution in [0.5, 0.6) is 0 Å². The zero-order valence-corrected chi connectivity index (χ0v) is 21.5. The van der Waals surface area contributed by atoms with E-state index >= 15 is 0 Å². The molecular formula is C27H34N8O2. The Labute approximate surface area is 216 Å². The van der Waals surface area contributed by atoms with Gasteiger partial charge in [0.15, 0.2) is 0 Å². The fraction of sp³-hybridized carbons (Fsp3) is 0.370. The number of amides is 1. The second-order valence-corrected chi connectivity index (χ2v) is 10.2. The summed E-state index contributed by atoms with van der Waals surface area (Å²) in [6, 6.07) is 19.6. The summed E-state index contributed by atoms with van der Waals surface area (Å²) in [7, 11) is 0. The van der Waals surface area contributed by atoms with Crippen LogP contribution in [-0.2, 0) is 17.9 Å². The second-order valence-electron chi connectivity index (χ2n) is 10.2. The molecule has 3 N–H and O–H groups in total. The lowest BCUT2D eigenvalue weighted by Crippen LogP contribution is -2.48. The Bertz CT molecular complexity index is 1270. The van der Waals surface area contributed by atoms with Crippen molar-refractivity contribution in [1.29, 1.82) is 0 Å². The number of carbonyl (C=O) groups excluding carboxylic acids is 1. The van der Waals surface area contributed by atoms with Crippen LogP contribution < -0.4 is 5.73 Å². The van der Waals surface area contributed by atoms with Gasteiger partial charge in [-0.3, -0.25) is 4.79 Å². The highest BCUT2D eigenvalue weighted by molar-refractivity contribution is 5.76. The molecule has 4 aromatic rings. The van der Waals surface area contributed by atoms with Crippen LogP contribution in [0.4, 0.5) is 0 Å². The first-order valence-corrected chi connectivity index (χ1v) is 12.3. The van der Waals surface area contributed by atoms with Crippen molar-refractivity contribution in [2.24, 2.45) is 11.1 Å². The van der Waals surface area contributed by atoms with E-state index in [0.717, 1.165) is 22.6 Å². The van der Waals surface area contributed by atoms with Crippen molar-refractivity contribution >= 4 is 5.91 Å². The van der Waals surface area contributed by atoms with Gasteiger partial charge in [-0.15, -0.1) is 5.10 Å². The van der Waals surface area contributed by atoms with Crippen molar-refractivity contribution < 1.29 is 9.90 Å². The number of hydrogen-bond acceptors (Lipinski definition) is 7. The quantitative estimate of drug-likeness (QED) is 0.341. The van der Waals surface area contributed by atoms with Crippen LogP contribution in [0, 0.1) is 5.41 Å². The van der Waals surface area contributed by atoms with E-state index in [-0.39, 0.29) is 25.5 Å². The van der Waals surface area contributed by atoms with Crippen LogP contribution in [0.15, 0.2) is 73.2 Å². The molecular weight excluding hydrogens is 468 g/mol. The van der Waals surface area contributed by atoms with Gasteiger partial charge in [-0.2, -0.15) is 0 Å². The van der Waals surface area contributed by atoms with E-state index in [1.165, 1.54) is 11.0 Å². The normalized spacial score (nSPS) is 13.3. The van der Waals surface area contributed by atoms with Gasteiger partial charge < -0.3 is 20.3 Å². The van der Waals surface area contributed by atoms with Crippen molar-refractivity contribution in [2.75, 3.05) is 13.1 Å². The molecule has 0 spiro atoms. The number of tetrazole rings is 1. The topological polar surface area (TPSA) is 128 Å². The molecule has 0 aliphatic carbocycles. The number of nitrogens with two attached hydrogens (primary N) is 1. The molecule has 2 aromatic heterocycles. The minimum Gasteiger partial charge on any atom is -0.390 e. The summed E-state index contributed by atoms with van der Waals surface area (Å²) in [4.78, 5) is 20.4. The van der Waals surface area contributed by atoms with E-state index in [9.17, 15) is 9.90 Å². The monoisotopic (exact) mass is 502 g/mol. The third kappa shape index (κ3) is 6.46. The first-order chi connectivity index (χ1) is 17.8. The van der Waals surface area contributed by atoms with Crippen molar-refractivity contribution in [2.45, 2.75) is 46.0 Å². The lowest BCUT2D eigenvalue weighted by molar-refractivity contribution is -0.139. The molecule has 0 aliphatic heterocycles. The van der Waals surface area contributed by atoms with E-state index in [1.807, 2.05) is 54.7 Å². The number of nitrogens with zero attached hydrogens (tertiary/aromatic N) is 7. The van der Waals surface area contributed by atoms with Crippen molar-refractivity contribution in [3.05, 3.63) is 84.6 Å². The molecule has 194 valence electrons. The highest BCUT2D eigenvalue weighted by atomic mass is 16.3. The number of benzene rings is 2. The summed E-state index contributed by atoms with van der Waals surface area (Å²) in [6.45, 7) is 6.78. The molecule has 4 rings (SSSR count). The zero-order chi connectivity index (χ0) is 26.4. The van der Waals surface area contributed by atoms with Crippen molar-refractivity contribution in [1.82, 2.24) is 34.7 Å². The van der Waals surface area contributed by atoms with Crippen molar-refractivity contribution in [3.8, 4) is 11.3 Å². The van der Waals surface area contributed by atoms with Gasteiger partial charge in [-0.05, 0) is 21.4 Å². The SMILES string of the molecule is CC(C)(C)[C@H](c1nc(-c2ccccc2)cn1Cc1ccccc1)N(CC(O)CN)C(=O)Cn1cnnn1. The maximum Gasteiger partial charge on any atom is 0.245 e. The minimum atomic E-state index is -0.895. The maximum atomic E-state index is 13.7. The number of aromatic nitrogens is 6. The first-order valence-electron chi connectivity index (χ1n) is 12.3. The third-order valence-corrected chi connectivity index (χ3v) is 6.14. The Morgan fingerprint density at radius 2 is 1.76 bits per heavy atom. The van der Waals surface area contributed by atoms with Crippen LogP contribution in [0.2, 0.25) is 0 Å². The number of hydrogen-bond donors (Lipinski definition) is 2. The highest BCUT2D eigenvalue weighted by Crippen LogP contribution is 2.39. The predicted molar refractivity (Wildman–Crippen MR) is 140 cm³/mol. The Morgan fingerprint density at radius 3 is 2.35 bits per heavy atom. The molecule has 2 heterocycles. The summed E-state index contributed by atoms with van der Waals surface area (Å²) in [5.74, 6) is 0.486. The summed E-state index contributed by atoms with van der Waals surface area (Å²) in [5, 5.41) is 21.7. The number of rotatable bonds is 10. The number of carbonyl (C=O) groups is 1. The minimum absolute atomic E-state index is 0.0270. The standard InChI is InChI=1S/C27H34N8O2/c1-27(2,3)25(35(16-22(36)14-28)24(37)18-34-19-29-31-32-34)26-30-23(21-12-8-5-9-13-21)17-33(26)15-20-10-6-4-7-11-20/h4-13,17,19,22,25,36H,14-16,18,28H2,1-3H3/t22?,25-/m0/s1. The molecule has 1 amide bonds. The molecule has 2 atom stereocenters. The van der Waals surface area contributed by atoms with Gasteiger partial charge in [-0.1, -0.05) is 81.4 Å². The molecule has 0 radical (unpaired) electrons. The first kappa shape index (κ1) is 26.2. The number of imidazole rings is 1. The van der Waals surface area contributed by atoms with E-state index < -0.39 is 17.6 Å². The number of aliphatic hydroxyl groups excluding tert-OH is 1. The lowest BCUT2D eigenvalue weighted by atomic mass is 9.84. The molecule has 0 bridgehead atoms. The maximum absolute atomic E-state index is 13.7. The molecule has 10 heteroatoms. The summed E-state index contributed by atoms with van der Waals surface area (Å²) in [5.41, 5.74) is 8.25. The molecule has 2 aromatic carbocycles. The largest absolute Gasteiger partial charge is 0.390 e. The van der Waals surface area contributed by atoms with E-state index in [1.54, 1.807) is 4.90 Å². The average Bonchev–Trinajstić information content (AvgIpc) is 3.54. The number of aliphatic hydroxyl groups is 1. The Morgan fingerprint density at radius 1 is 1.08 bits per heavy atom.